The van der Waals surface area contributed by atoms with Crippen LogP contribution in [0.15, 0.2) is 47.2 Å². The van der Waals surface area contributed by atoms with Crippen molar-refractivity contribution in [3.8, 4) is 11.4 Å². The van der Waals surface area contributed by atoms with Gasteiger partial charge in [0.25, 0.3) is 0 Å². The molecule has 0 aliphatic carbocycles. The van der Waals surface area contributed by atoms with E-state index in [9.17, 15) is 4.79 Å². The van der Waals surface area contributed by atoms with Crippen molar-refractivity contribution >= 4 is 5.91 Å². The predicted molar refractivity (Wildman–Crippen MR) is 114 cm³/mol. The Hall–Kier alpha value is -3.04. The lowest BCUT2D eigenvalue weighted by Gasteiger charge is -2.26. The summed E-state index contributed by atoms with van der Waals surface area (Å²) >= 11 is 0. The van der Waals surface area contributed by atoms with Crippen LogP contribution >= 0.6 is 0 Å². The highest BCUT2D eigenvalue weighted by Gasteiger charge is 2.24. The lowest BCUT2D eigenvalue weighted by Crippen LogP contribution is -2.40. The van der Waals surface area contributed by atoms with Gasteiger partial charge < -0.3 is 14.2 Å². The summed E-state index contributed by atoms with van der Waals surface area (Å²) in [6.45, 7) is 6.03. The number of amides is 1. The monoisotopic (exact) mass is 424 g/mol. The van der Waals surface area contributed by atoms with Crippen LogP contribution in [0.1, 0.15) is 11.5 Å². The van der Waals surface area contributed by atoms with Gasteiger partial charge in [0.15, 0.2) is 5.76 Å². The Bertz CT molecular complexity index is 986. The predicted octanol–water partition coefficient (Wildman–Crippen LogP) is 1.85. The fraction of sp³-hybridized carbons (Fsp3) is 0.455. The van der Waals surface area contributed by atoms with E-state index in [-0.39, 0.29) is 18.4 Å². The number of aromatic nitrogens is 4. The van der Waals surface area contributed by atoms with Crippen LogP contribution in [-0.4, -0.2) is 75.5 Å². The topological polar surface area (TPSA) is 89.5 Å². The SMILES string of the molecule is Cc1ccn(CC(=O)N2CCOCC(CN(C)Cc3cc(-c4ccccn4)no3)C2)n1. The minimum Gasteiger partial charge on any atom is -0.379 e. The molecule has 164 valence electrons. The number of nitrogens with zero attached hydrogens (tertiary/aromatic N) is 6. The van der Waals surface area contributed by atoms with Gasteiger partial charge in [-0.3, -0.25) is 19.4 Å². The van der Waals surface area contributed by atoms with E-state index >= 15 is 0 Å². The first-order valence-corrected chi connectivity index (χ1v) is 10.5. The molecular weight excluding hydrogens is 396 g/mol. The van der Waals surface area contributed by atoms with Gasteiger partial charge >= 0.3 is 0 Å². The van der Waals surface area contributed by atoms with Crippen molar-refractivity contribution in [2.45, 2.75) is 20.0 Å². The summed E-state index contributed by atoms with van der Waals surface area (Å²) in [4.78, 5) is 21.1. The van der Waals surface area contributed by atoms with E-state index in [0.717, 1.165) is 29.4 Å². The molecule has 1 aliphatic rings. The number of hydrogen-bond donors (Lipinski definition) is 0. The first kappa shape index (κ1) is 21.2. The molecule has 1 amide bonds. The van der Waals surface area contributed by atoms with E-state index in [2.05, 4.69) is 20.1 Å². The molecule has 1 atom stereocenters. The van der Waals surface area contributed by atoms with Gasteiger partial charge in [-0.2, -0.15) is 5.10 Å². The molecule has 3 aromatic rings. The fourth-order valence-corrected chi connectivity index (χ4v) is 3.80. The summed E-state index contributed by atoms with van der Waals surface area (Å²) in [7, 11) is 2.03. The summed E-state index contributed by atoms with van der Waals surface area (Å²) in [5.41, 5.74) is 2.43. The number of hydrogen-bond acceptors (Lipinski definition) is 7. The molecule has 1 aliphatic heterocycles. The van der Waals surface area contributed by atoms with Crippen molar-refractivity contribution in [2.75, 3.05) is 39.9 Å². The standard InChI is InChI=1S/C22H28N6O3/c1-17-6-8-28(24-17)15-22(29)27-9-10-30-16-18(13-27)12-26(2)14-19-11-21(25-31-19)20-5-3-4-7-23-20/h3-8,11,18H,9-10,12-16H2,1-2H3. The maximum atomic E-state index is 12.8. The molecule has 9 heteroatoms. The largest absolute Gasteiger partial charge is 0.379 e. The average molecular weight is 425 g/mol. The van der Waals surface area contributed by atoms with Crippen molar-refractivity contribution in [3.63, 3.8) is 0 Å². The Morgan fingerprint density at radius 2 is 2.19 bits per heavy atom. The zero-order chi connectivity index (χ0) is 21.6. The Morgan fingerprint density at radius 3 is 2.97 bits per heavy atom. The second-order valence-corrected chi connectivity index (χ2v) is 8.03. The average Bonchev–Trinajstić information content (AvgIpc) is 3.32. The van der Waals surface area contributed by atoms with Crippen molar-refractivity contribution in [3.05, 3.63) is 54.2 Å². The van der Waals surface area contributed by atoms with E-state index in [0.29, 0.717) is 32.8 Å². The minimum absolute atomic E-state index is 0.0662. The third kappa shape index (κ3) is 5.77. The van der Waals surface area contributed by atoms with Crippen LogP contribution < -0.4 is 0 Å². The zero-order valence-corrected chi connectivity index (χ0v) is 18.0. The zero-order valence-electron chi connectivity index (χ0n) is 18.0. The molecular formula is C22H28N6O3. The van der Waals surface area contributed by atoms with Crippen molar-refractivity contribution < 1.29 is 14.1 Å². The van der Waals surface area contributed by atoms with Crippen LogP contribution in [0.25, 0.3) is 11.4 Å². The number of pyridine rings is 1. The third-order valence-electron chi connectivity index (χ3n) is 5.24. The van der Waals surface area contributed by atoms with Crippen molar-refractivity contribution in [1.82, 2.24) is 29.7 Å². The highest BCUT2D eigenvalue weighted by molar-refractivity contribution is 5.76. The van der Waals surface area contributed by atoms with Crippen LogP contribution in [0.3, 0.4) is 0 Å². The smallest absolute Gasteiger partial charge is 0.244 e. The Balaban J connectivity index is 1.31. The van der Waals surface area contributed by atoms with E-state index in [1.54, 1.807) is 10.9 Å². The van der Waals surface area contributed by atoms with Crippen molar-refractivity contribution in [1.29, 1.82) is 0 Å². The fourth-order valence-electron chi connectivity index (χ4n) is 3.80. The number of rotatable bonds is 7. The van der Waals surface area contributed by atoms with E-state index in [1.807, 2.05) is 55.4 Å². The molecule has 0 radical (unpaired) electrons. The first-order valence-electron chi connectivity index (χ1n) is 10.5. The molecule has 4 heterocycles. The quantitative estimate of drug-likeness (QED) is 0.572. The lowest BCUT2D eigenvalue weighted by molar-refractivity contribution is -0.132. The molecule has 0 saturated carbocycles. The number of aryl methyl sites for hydroxylation is 1. The molecule has 3 aromatic heterocycles. The normalized spacial score (nSPS) is 17.1. The van der Waals surface area contributed by atoms with E-state index < -0.39 is 0 Å². The highest BCUT2D eigenvalue weighted by atomic mass is 16.5. The second kappa shape index (κ2) is 9.84. The Kier molecular flexibility index (Phi) is 6.73. The second-order valence-electron chi connectivity index (χ2n) is 8.03. The van der Waals surface area contributed by atoms with Crippen LogP contribution in [0.2, 0.25) is 0 Å². The van der Waals surface area contributed by atoms with Gasteiger partial charge in [-0.05, 0) is 32.2 Å². The molecule has 1 saturated heterocycles. The summed E-state index contributed by atoms with van der Waals surface area (Å²) in [5.74, 6) is 1.06. The third-order valence-corrected chi connectivity index (χ3v) is 5.24. The van der Waals surface area contributed by atoms with Crippen molar-refractivity contribution in [2.24, 2.45) is 5.92 Å². The lowest BCUT2D eigenvalue weighted by atomic mass is 10.1. The summed E-state index contributed by atoms with van der Waals surface area (Å²) < 4.78 is 13.0. The number of carbonyl (C=O) groups is 1. The molecule has 1 fully saturated rings. The van der Waals surface area contributed by atoms with Gasteiger partial charge in [0.1, 0.15) is 12.2 Å². The summed E-state index contributed by atoms with van der Waals surface area (Å²) in [5, 5.41) is 8.44. The van der Waals surface area contributed by atoms with Gasteiger partial charge in [-0.15, -0.1) is 0 Å². The van der Waals surface area contributed by atoms with Gasteiger partial charge in [-0.1, -0.05) is 11.2 Å². The van der Waals surface area contributed by atoms with Crippen LogP contribution in [0.5, 0.6) is 0 Å². The summed E-state index contributed by atoms with van der Waals surface area (Å²) in [6.07, 6.45) is 3.58. The van der Waals surface area contributed by atoms with E-state index in [4.69, 9.17) is 9.26 Å². The molecule has 0 bridgehead atoms. The molecule has 9 nitrogen and oxygen atoms in total. The maximum Gasteiger partial charge on any atom is 0.244 e. The van der Waals surface area contributed by atoms with Gasteiger partial charge in [0.05, 0.1) is 31.1 Å². The first-order chi connectivity index (χ1) is 15.1. The summed E-state index contributed by atoms with van der Waals surface area (Å²) in [6, 6.07) is 9.53. The maximum absolute atomic E-state index is 12.8. The molecule has 31 heavy (non-hydrogen) atoms. The minimum atomic E-state index is 0.0662. The number of ether oxygens (including phenoxy) is 1. The Morgan fingerprint density at radius 1 is 1.29 bits per heavy atom. The highest BCUT2D eigenvalue weighted by Crippen LogP contribution is 2.18. The van der Waals surface area contributed by atoms with Crippen LogP contribution in [0, 0.1) is 12.8 Å². The molecule has 0 N–H and O–H groups in total. The van der Waals surface area contributed by atoms with Gasteiger partial charge in [0.2, 0.25) is 5.91 Å². The molecule has 0 aromatic carbocycles. The Labute approximate surface area is 181 Å². The van der Waals surface area contributed by atoms with Crippen LogP contribution in [0.4, 0.5) is 0 Å². The van der Waals surface area contributed by atoms with Crippen LogP contribution in [-0.2, 0) is 22.6 Å². The molecule has 0 spiro atoms. The molecule has 1 unspecified atom stereocenters. The van der Waals surface area contributed by atoms with Gasteiger partial charge in [-0.25, -0.2) is 0 Å². The van der Waals surface area contributed by atoms with E-state index in [1.165, 1.54) is 0 Å². The van der Waals surface area contributed by atoms with Gasteiger partial charge in [0, 0.05) is 44.0 Å². The number of carbonyl (C=O) groups excluding carboxylic acids is 1. The molecule has 4 rings (SSSR count).